The fraction of sp³-hybridized carbons (Fsp3) is 0.0909. The molecular weight excluding hydrogens is 359 g/mol. The molecule has 0 bridgehead atoms. The predicted molar refractivity (Wildman–Crippen MR) is 102 cm³/mol. The van der Waals surface area contributed by atoms with Gasteiger partial charge in [0.1, 0.15) is 22.7 Å². The van der Waals surface area contributed by atoms with Crippen LogP contribution in [0.2, 0.25) is 0 Å². The van der Waals surface area contributed by atoms with Crippen molar-refractivity contribution in [1.29, 1.82) is 0 Å². The number of halogens is 1. The summed E-state index contributed by atoms with van der Waals surface area (Å²) in [4.78, 5) is 17.3. The molecule has 4 rings (SSSR count). The van der Waals surface area contributed by atoms with Crippen molar-refractivity contribution in [3.05, 3.63) is 95.2 Å². The van der Waals surface area contributed by atoms with Crippen molar-refractivity contribution in [2.45, 2.75) is 13.5 Å². The molecule has 0 radical (unpaired) electrons. The van der Waals surface area contributed by atoms with Gasteiger partial charge in [-0.25, -0.2) is 9.38 Å². The number of hydrogen-bond acceptors (Lipinski definition) is 4. The molecule has 2 aromatic carbocycles. The highest BCUT2D eigenvalue weighted by Gasteiger charge is 2.13. The summed E-state index contributed by atoms with van der Waals surface area (Å²) >= 11 is 0. The van der Waals surface area contributed by atoms with Gasteiger partial charge in [0.15, 0.2) is 0 Å². The first kappa shape index (κ1) is 17.7. The number of para-hydroxylation sites is 1. The Morgan fingerprint density at radius 2 is 1.96 bits per heavy atom. The fourth-order valence-corrected chi connectivity index (χ4v) is 2.84. The van der Waals surface area contributed by atoms with Crippen molar-refractivity contribution < 1.29 is 18.0 Å². The number of fused-ring (bicyclic) bond motifs is 1. The van der Waals surface area contributed by atoms with E-state index in [0.29, 0.717) is 22.6 Å². The van der Waals surface area contributed by atoms with Crippen LogP contribution in [0.3, 0.4) is 0 Å². The number of nitrogens with one attached hydrogen (secondary N) is 1. The summed E-state index contributed by atoms with van der Waals surface area (Å²) < 4.78 is 24.5. The zero-order chi connectivity index (χ0) is 19.5. The van der Waals surface area contributed by atoms with Crippen LogP contribution in [0.15, 0.2) is 80.8 Å². The van der Waals surface area contributed by atoms with Crippen LogP contribution in [0.4, 0.5) is 10.1 Å². The molecule has 5 nitrogen and oxygen atoms in total. The van der Waals surface area contributed by atoms with Crippen LogP contribution in [0.25, 0.3) is 11.0 Å². The van der Waals surface area contributed by atoms with Crippen molar-refractivity contribution in [2.24, 2.45) is 4.99 Å². The van der Waals surface area contributed by atoms with Crippen molar-refractivity contribution in [3.63, 3.8) is 0 Å². The molecule has 28 heavy (non-hydrogen) atoms. The lowest BCUT2D eigenvalue weighted by Crippen LogP contribution is -2.28. The van der Waals surface area contributed by atoms with Crippen LogP contribution in [-0.4, -0.2) is 5.91 Å². The fourth-order valence-electron chi connectivity index (χ4n) is 2.84. The Morgan fingerprint density at radius 1 is 1.11 bits per heavy atom. The lowest BCUT2D eigenvalue weighted by atomic mass is 10.1. The summed E-state index contributed by atoms with van der Waals surface area (Å²) in [6.07, 6.45) is 1.55. The number of rotatable bonds is 4. The second-order valence-electron chi connectivity index (χ2n) is 6.31. The first-order valence-electron chi connectivity index (χ1n) is 8.74. The summed E-state index contributed by atoms with van der Waals surface area (Å²) in [6, 6.07) is 16.9. The Kier molecular flexibility index (Phi) is 4.76. The summed E-state index contributed by atoms with van der Waals surface area (Å²) in [5, 5.41) is 3.58. The van der Waals surface area contributed by atoms with Gasteiger partial charge >= 0.3 is 0 Å². The molecule has 2 aromatic heterocycles. The van der Waals surface area contributed by atoms with E-state index in [0.717, 1.165) is 5.39 Å². The minimum atomic E-state index is -0.344. The molecule has 0 saturated heterocycles. The monoisotopic (exact) mass is 376 g/mol. The predicted octanol–water partition coefficient (Wildman–Crippen LogP) is 4.64. The van der Waals surface area contributed by atoms with E-state index in [9.17, 15) is 9.18 Å². The number of carbonyl (C=O) groups excluding carboxylic acids is 1. The first-order chi connectivity index (χ1) is 13.6. The second-order valence-corrected chi connectivity index (χ2v) is 6.31. The van der Waals surface area contributed by atoms with Crippen molar-refractivity contribution in [1.82, 2.24) is 5.32 Å². The van der Waals surface area contributed by atoms with E-state index in [1.54, 1.807) is 43.5 Å². The lowest BCUT2D eigenvalue weighted by molar-refractivity contribution is 0.0944. The SMILES string of the molecule is Cc1cc(F)ccc1N=c1oc2ccccc2cc1C(=O)NCc1ccco1. The molecule has 0 saturated carbocycles. The van der Waals surface area contributed by atoms with E-state index in [1.165, 1.54) is 12.1 Å². The largest absolute Gasteiger partial charge is 0.467 e. The van der Waals surface area contributed by atoms with Crippen LogP contribution in [0, 0.1) is 12.7 Å². The van der Waals surface area contributed by atoms with Gasteiger partial charge in [0, 0.05) is 5.39 Å². The molecule has 2 heterocycles. The molecule has 1 amide bonds. The number of aryl methyl sites for hydroxylation is 1. The molecule has 1 N–H and O–H groups in total. The summed E-state index contributed by atoms with van der Waals surface area (Å²) in [7, 11) is 0. The van der Waals surface area contributed by atoms with Gasteiger partial charge in [-0.2, -0.15) is 0 Å². The topological polar surface area (TPSA) is 67.7 Å². The van der Waals surface area contributed by atoms with Crippen LogP contribution in [-0.2, 0) is 6.54 Å². The Labute approximate surface area is 160 Å². The third-order valence-corrected chi connectivity index (χ3v) is 4.28. The lowest BCUT2D eigenvalue weighted by Gasteiger charge is -2.06. The Morgan fingerprint density at radius 3 is 2.75 bits per heavy atom. The highest BCUT2D eigenvalue weighted by Crippen LogP contribution is 2.19. The molecule has 0 spiro atoms. The number of benzene rings is 2. The maximum absolute atomic E-state index is 13.4. The molecule has 4 aromatic rings. The smallest absolute Gasteiger partial charge is 0.257 e. The molecule has 0 aliphatic heterocycles. The van der Waals surface area contributed by atoms with Gasteiger partial charge in [-0.05, 0) is 55.0 Å². The number of amides is 1. The van der Waals surface area contributed by atoms with Gasteiger partial charge in [-0.15, -0.1) is 0 Å². The number of nitrogens with zero attached hydrogens (tertiary/aromatic N) is 1. The minimum Gasteiger partial charge on any atom is -0.467 e. The Balaban J connectivity index is 1.80. The standard InChI is InChI=1S/C22H17FN2O3/c1-14-11-16(23)8-9-19(14)25-22-18(12-15-5-2-3-7-20(15)28-22)21(26)24-13-17-6-4-10-27-17/h2-12H,13H2,1H3,(H,24,26). The highest BCUT2D eigenvalue weighted by molar-refractivity contribution is 5.96. The van der Waals surface area contributed by atoms with Crippen LogP contribution < -0.4 is 10.9 Å². The van der Waals surface area contributed by atoms with E-state index in [-0.39, 0.29) is 29.4 Å². The zero-order valence-corrected chi connectivity index (χ0v) is 15.1. The number of furan rings is 1. The summed E-state index contributed by atoms with van der Waals surface area (Å²) in [5.74, 6) is -0.0494. The van der Waals surface area contributed by atoms with E-state index >= 15 is 0 Å². The van der Waals surface area contributed by atoms with E-state index in [1.807, 2.05) is 18.2 Å². The average molecular weight is 376 g/mol. The van der Waals surface area contributed by atoms with Gasteiger partial charge in [0.05, 0.1) is 18.5 Å². The van der Waals surface area contributed by atoms with Crippen LogP contribution >= 0.6 is 0 Å². The van der Waals surface area contributed by atoms with Crippen LogP contribution in [0.5, 0.6) is 0 Å². The van der Waals surface area contributed by atoms with Gasteiger partial charge in [-0.1, -0.05) is 18.2 Å². The third-order valence-electron chi connectivity index (χ3n) is 4.28. The maximum Gasteiger partial charge on any atom is 0.257 e. The molecule has 0 atom stereocenters. The zero-order valence-electron chi connectivity index (χ0n) is 15.1. The van der Waals surface area contributed by atoms with E-state index < -0.39 is 0 Å². The maximum atomic E-state index is 13.4. The van der Waals surface area contributed by atoms with Crippen molar-refractivity contribution >= 4 is 22.6 Å². The molecule has 140 valence electrons. The van der Waals surface area contributed by atoms with Gasteiger partial charge < -0.3 is 14.2 Å². The number of carbonyl (C=O) groups is 1. The number of hydrogen-bond donors (Lipinski definition) is 1. The molecule has 0 unspecified atom stereocenters. The summed E-state index contributed by atoms with van der Waals surface area (Å²) in [6.45, 7) is 1.99. The normalized spacial score (nSPS) is 11.7. The van der Waals surface area contributed by atoms with E-state index in [2.05, 4.69) is 10.3 Å². The van der Waals surface area contributed by atoms with Crippen molar-refractivity contribution in [2.75, 3.05) is 0 Å². The molecule has 0 aliphatic rings. The van der Waals surface area contributed by atoms with Gasteiger partial charge in [-0.3, -0.25) is 4.79 Å². The van der Waals surface area contributed by atoms with E-state index in [4.69, 9.17) is 8.83 Å². The molecule has 0 aliphatic carbocycles. The van der Waals surface area contributed by atoms with Crippen molar-refractivity contribution in [3.8, 4) is 0 Å². The molecular formula is C22H17FN2O3. The molecule has 6 heteroatoms. The third kappa shape index (κ3) is 3.71. The van der Waals surface area contributed by atoms with Gasteiger partial charge in [0.2, 0.25) is 5.55 Å². The summed E-state index contributed by atoms with van der Waals surface area (Å²) in [5.41, 5.74) is 2.22. The Hall–Kier alpha value is -3.67. The van der Waals surface area contributed by atoms with Crippen LogP contribution in [0.1, 0.15) is 21.7 Å². The quantitative estimate of drug-likeness (QED) is 0.564. The van der Waals surface area contributed by atoms with Gasteiger partial charge in [0.25, 0.3) is 5.91 Å². The minimum absolute atomic E-state index is 0.158. The average Bonchev–Trinajstić information content (AvgIpc) is 3.21. The Bertz CT molecular complexity index is 1210. The first-order valence-corrected chi connectivity index (χ1v) is 8.74. The second kappa shape index (κ2) is 7.52. The molecule has 0 fully saturated rings. The highest BCUT2D eigenvalue weighted by atomic mass is 19.1.